The molecule has 0 aliphatic carbocycles. The van der Waals surface area contributed by atoms with Crippen LogP contribution < -0.4 is 9.64 Å². The van der Waals surface area contributed by atoms with Gasteiger partial charge in [-0.3, -0.25) is 0 Å². The van der Waals surface area contributed by atoms with Crippen molar-refractivity contribution in [1.29, 1.82) is 0 Å². The summed E-state index contributed by atoms with van der Waals surface area (Å²) in [5.41, 5.74) is 2.03. The molecule has 1 N–H and O–H groups in total. The van der Waals surface area contributed by atoms with Crippen molar-refractivity contribution >= 4 is 5.69 Å². The number of hydrogen-bond acceptors (Lipinski definition) is 3. The molecule has 1 unspecified atom stereocenters. The summed E-state index contributed by atoms with van der Waals surface area (Å²) in [6.45, 7) is 6.22. The molecule has 1 aliphatic rings. The van der Waals surface area contributed by atoms with Gasteiger partial charge in [0.1, 0.15) is 5.75 Å². The van der Waals surface area contributed by atoms with Gasteiger partial charge in [0.2, 0.25) is 0 Å². The molecule has 3 nitrogen and oxygen atoms in total. The molecule has 1 aromatic rings. The normalized spacial score (nSPS) is 21.8. The third-order valence-electron chi connectivity index (χ3n) is 3.68. The van der Waals surface area contributed by atoms with Crippen LogP contribution in [0, 0.1) is 5.92 Å². The lowest BCUT2D eigenvalue weighted by atomic mass is 9.97. The fraction of sp³-hybridized carbons (Fsp3) is 0.600. The second-order valence-corrected chi connectivity index (χ2v) is 5.26. The van der Waals surface area contributed by atoms with Crippen molar-refractivity contribution in [3.05, 3.63) is 23.8 Å². The average molecular weight is 249 g/mol. The van der Waals surface area contributed by atoms with Gasteiger partial charge in [0.15, 0.2) is 0 Å². The number of piperidine rings is 1. The number of rotatable bonds is 3. The molecular weight excluding hydrogens is 226 g/mol. The van der Waals surface area contributed by atoms with E-state index in [2.05, 4.69) is 17.9 Å². The number of benzene rings is 1. The third kappa shape index (κ3) is 2.61. The van der Waals surface area contributed by atoms with Crippen LogP contribution in [0.1, 0.15) is 38.4 Å². The SMILES string of the molecule is COc1cccc(N2CCCC(C)C2)c1[C@H](C)O. The van der Waals surface area contributed by atoms with Crippen LogP contribution in [0.4, 0.5) is 5.69 Å². The molecule has 1 heterocycles. The predicted octanol–water partition coefficient (Wildman–Crippen LogP) is 2.98. The first-order chi connectivity index (χ1) is 8.63. The van der Waals surface area contributed by atoms with Gasteiger partial charge < -0.3 is 14.7 Å². The number of nitrogens with zero attached hydrogens (tertiary/aromatic N) is 1. The van der Waals surface area contributed by atoms with Crippen molar-refractivity contribution in [3.8, 4) is 5.75 Å². The summed E-state index contributed by atoms with van der Waals surface area (Å²) in [6, 6.07) is 6.00. The van der Waals surface area contributed by atoms with E-state index in [0.717, 1.165) is 30.1 Å². The van der Waals surface area contributed by atoms with E-state index in [-0.39, 0.29) is 0 Å². The number of aliphatic hydroxyl groups is 1. The molecule has 0 aromatic heterocycles. The Bertz CT molecular complexity index is 403. The summed E-state index contributed by atoms with van der Waals surface area (Å²) in [6.07, 6.45) is 2.01. The molecular formula is C15H23NO2. The van der Waals surface area contributed by atoms with Crippen LogP contribution in [0.25, 0.3) is 0 Å². The maximum Gasteiger partial charge on any atom is 0.126 e. The highest BCUT2D eigenvalue weighted by Gasteiger charge is 2.22. The Morgan fingerprint density at radius 1 is 1.44 bits per heavy atom. The molecule has 1 aliphatic heterocycles. The Kier molecular flexibility index (Phi) is 4.12. The van der Waals surface area contributed by atoms with Crippen LogP contribution >= 0.6 is 0 Å². The minimum Gasteiger partial charge on any atom is -0.496 e. The quantitative estimate of drug-likeness (QED) is 0.894. The predicted molar refractivity (Wildman–Crippen MR) is 74.2 cm³/mol. The molecule has 18 heavy (non-hydrogen) atoms. The Labute approximate surface area is 109 Å². The molecule has 1 saturated heterocycles. The Morgan fingerprint density at radius 2 is 2.22 bits per heavy atom. The van der Waals surface area contributed by atoms with E-state index in [1.165, 1.54) is 12.8 Å². The number of anilines is 1. The van der Waals surface area contributed by atoms with Crippen molar-refractivity contribution in [2.45, 2.75) is 32.8 Å². The third-order valence-corrected chi connectivity index (χ3v) is 3.68. The zero-order valence-electron chi connectivity index (χ0n) is 11.5. The maximum absolute atomic E-state index is 10.0. The second-order valence-electron chi connectivity index (χ2n) is 5.26. The number of aliphatic hydroxyl groups excluding tert-OH is 1. The van der Waals surface area contributed by atoms with E-state index < -0.39 is 6.10 Å². The molecule has 0 bridgehead atoms. The van der Waals surface area contributed by atoms with E-state index in [9.17, 15) is 5.11 Å². The molecule has 100 valence electrons. The van der Waals surface area contributed by atoms with Crippen LogP contribution in [0.3, 0.4) is 0 Å². The monoisotopic (exact) mass is 249 g/mol. The van der Waals surface area contributed by atoms with Gasteiger partial charge in [-0.05, 0) is 37.8 Å². The minimum atomic E-state index is -0.506. The largest absolute Gasteiger partial charge is 0.496 e. The molecule has 1 aromatic carbocycles. The van der Waals surface area contributed by atoms with Crippen molar-refractivity contribution in [3.63, 3.8) is 0 Å². The first-order valence-corrected chi connectivity index (χ1v) is 6.73. The van der Waals surface area contributed by atoms with Gasteiger partial charge in [-0.1, -0.05) is 13.0 Å². The molecule has 2 rings (SSSR count). The fourth-order valence-corrected chi connectivity index (χ4v) is 2.81. The molecule has 1 fully saturated rings. The summed E-state index contributed by atoms with van der Waals surface area (Å²) in [4.78, 5) is 2.37. The van der Waals surface area contributed by atoms with Gasteiger partial charge in [-0.2, -0.15) is 0 Å². The number of ether oxygens (including phenoxy) is 1. The highest BCUT2D eigenvalue weighted by Crippen LogP contribution is 2.36. The lowest BCUT2D eigenvalue weighted by Gasteiger charge is -2.35. The zero-order valence-corrected chi connectivity index (χ0v) is 11.5. The smallest absolute Gasteiger partial charge is 0.126 e. The zero-order chi connectivity index (χ0) is 13.1. The molecule has 0 radical (unpaired) electrons. The van der Waals surface area contributed by atoms with E-state index in [0.29, 0.717) is 5.92 Å². The number of hydrogen-bond donors (Lipinski definition) is 1. The van der Waals surface area contributed by atoms with E-state index in [4.69, 9.17) is 4.74 Å². The summed E-state index contributed by atoms with van der Waals surface area (Å²) in [5.74, 6) is 1.49. The van der Waals surface area contributed by atoms with Crippen molar-refractivity contribution in [1.82, 2.24) is 0 Å². The summed E-state index contributed by atoms with van der Waals surface area (Å²) >= 11 is 0. The van der Waals surface area contributed by atoms with Gasteiger partial charge in [0.05, 0.1) is 13.2 Å². The maximum atomic E-state index is 10.0. The van der Waals surface area contributed by atoms with Crippen LogP contribution in [-0.2, 0) is 0 Å². The van der Waals surface area contributed by atoms with Gasteiger partial charge in [-0.15, -0.1) is 0 Å². The van der Waals surface area contributed by atoms with Gasteiger partial charge >= 0.3 is 0 Å². The summed E-state index contributed by atoms with van der Waals surface area (Å²) in [7, 11) is 1.66. The minimum absolute atomic E-state index is 0.506. The lowest BCUT2D eigenvalue weighted by Crippen LogP contribution is -2.35. The van der Waals surface area contributed by atoms with Crippen LogP contribution in [0.5, 0.6) is 5.75 Å². The fourth-order valence-electron chi connectivity index (χ4n) is 2.81. The lowest BCUT2D eigenvalue weighted by molar-refractivity contribution is 0.194. The summed E-state index contributed by atoms with van der Waals surface area (Å²) in [5, 5.41) is 10.0. The molecule has 0 saturated carbocycles. The van der Waals surface area contributed by atoms with Crippen LogP contribution in [0.15, 0.2) is 18.2 Å². The Morgan fingerprint density at radius 3 is 2.83 bits per heavy atom. The topological polar surface area (TPSA) is 32.7 Å². The van der Waals surface area contributed by atoms with E-state index in [1.54, 1.807) is 14.0 Å². The molecule has 2 atom stereocenters. The van der Waals surface area contributed by atoms with Crippen LogP contribution in [-0.4, -0.2) is 25.3 Å². The molecule has 3 heteroatoms. The van der Waals surface area contributed by atoms with Crippen molar-refractivity contribution in [2.24, 2.45) is 5.92 Å². The standard InChI is InChI=1S/C15H23NO2/c1-11-6-5-9-16(10-11)13-7-4-8-14(18-3)15(13)12(2)17/h4,7-8,11-12,17H,5-6,9-10H2,1-3H3/t11?,12-/m0/s1. The first kappa shape index (κ1) is 13.2. The Balaban J connectivity index is 2.36. The van der Waals surface area contributed by atoms with E-state index >= 15 is 0 Å². The van der Waals surface area contributed by atoms with Gasteiger partial charge in [-0.25, -0.2) is 0 Å². The van der Waals surface area contributed by atoms with Crippen molar-refractivity contribution < 1.29 is 9.84 Å². The van der Waals surface area contributed by atoms with Crippen molar-refractivity contribution in [2.75, 3.05) is 25.1 Å². The summed E-state index contributed by atoms with van der Waals surface area (Å²) < 4.78 is 5.38. The molecule has 0 amide bonds. The highest BCUT2D eigenvalue weighted by atomic mass is 16.5. The Hall–Kier alpha value is -1.22. The van der Waals surface area contributed by atoms with E-state index in [1.807, 2.05) is 12.1 Å². The first-order valence-electron chi connectivity index (χ1n) is 6.73. The second kappa shape index (κ2) is 5.61. The van der Waals surface area contributed by atoms with Crippen LogP contribution in [0.2, 0.25) is 0 Å². The molecule has 0 spiro atoms. The number of methoxy groups -OCH3 is 1. The van der Waals surface area contributed by atoms with Gasteiger partial charge in [0.25, 0.3) is 0 Å². The highest BCUT2D eigenvalue weighted by molar-refractivity contribution is 5.60. The average Bonchev–Trinajstić information content (AvgIpc) is 2.37. The van der Waals surface area contributed by atoms with Gasteiger partial charge in [0, 0.05) is 24.3 Å².